The average Bonchev–Trinajstić information content (AvgIpc) is 2.81. The maximum Gasteiger partial charge on any atom is 0.0495 e. The first-order chi connectivity index (χ1) is 9.62. The largest absolute Gasteiger partial charge is 0.549 e. The van der Waals surface area contributed by atoms with Crippen LogP contribution in [0, 0.1) is 11.3 Å². The van der Waals surface area contributed by atoms with E-state index in [1.54, 1.807) is 0 Å². The third-order valence-corrected chi connectivity index (χ3v) is 5.72. The van der Waals surface area contributed by atoms with Crippen molar-refractivity contribution < 1.29 is 9.90 Å². The molecule has 0 amide bonds. The zero-order valence-corrected chi connectivity index (χ0v) is 13.4. The molecule has 4 heteroatoms. The van der Waals surface area contributed by atoms with Gasteiger partial charge in [0.25, 0.3) is 0 Å². The van der Waals surface area contributed by atoms with E-state index < -0.39 is 11.4 Å². The van der Waals surface area contributed by atoms with Crippen molar-refractivity contribution in [2.45, 2.75) is 19.4 Å². The molecular formula is C16H17INO2-. The molecule has 1 aliphatic heterocycles. The number of hydrogen-bond donors (Lipinski definition) is 0. The van der Waals surface area contributed by atoms with Gasteiger partial charge in [0, 0.05) is 36.9 Å². The number of allylic oxidation sites excluding steroid dienone is 1. The van der Waals surface area contributed by atoms with Gasteiger partial charge in [-0.25, -0.2) is 0 Å². The van der Waals surface area contributed by atoms with Gasteiger partial charge >= 0.3 is 0 Å². The van der Waals surface area contributed by atoms with E-state index in [9.17, 15) is 9.90 Å². The molecule has 3 nitrogen and oxygen atoms in total. The average molecular weight is 382 g/mol. The maximum absolute atomic E-state index is 11.7. The molecule has 20 heavy (non-hydrogen) atoms. The summed E-state index contributed by atoms with van der Waals surface area (Å²) >= 11 is 2.30. The summed E-state index contributed by atoms with van der Waals surface area (Å²) in [6.45, 7) is 2.24. The van der Waals surface area contributed by atoms with Gasteiger partial charge in [-0.3, -0.25) is 4.90 Å². The van der Waals surface area contributed by atoms with Crippen molar-refractivity contribution in [3.63, 3.8) is 0 Å². The lowest BCUT2D eigenvalue weighted by Crippen LogP contribution is -2.48. The second-order valence-electron chi connectivity index (χ2n) is 5.78. The Morgan fingerprint density at radius 2 is 2.15 bits per heavy atom. The molecule has 3 rings (SSSR count). The van der Waals surface area contributed by atoms with E-state index in [1.807, 2.05) is 18.2 Å². The van der Waals surface area contributed by atoms with E-state index in [0.717, 1.165) is 19.5 Å². The molecule has 1 aliphatic carbocycles. The normalized spacial score (nSPS) is 29.9. The smallest absolute Gasteiger partial charge is 0.0495 e. The van der Waals surface area contributed by atoms with Crippen molar-refractivity contribution in [1.82, 2.24) is 4.90 Å². The number of carbonyl (C=O) groups is 1. The van der Waals surface area contributed by atoms with E-state index in [-0.39, 0.29) is 5.92 Å². The summed E-state index contributed by atoms with van der Waals surface area (Å²) in [6.07, 6.45) is 3.73. The highest BCUT2D eigenvalue weighted by Crippen LogP contribution is 2.49. The molecule has 0 bridgehead atoms. The molecule has 1 heterocycles. The van der Waals surface area contributed by atoms with Crippen LogP contribution in [0.1, 0.15) is 18.4 Å². The van der Waals surface area contributed by atoms with Crippen LogP contribution in [-0.2, 0) is 11.3 Å². The van der Waals surface area contributed by atoms with Crippen LogP contribution in [0.4, 0.5) is 0 Å². The summed E-state index contributed by atoms with van der Waals surface area (Å²) < 4.78 is 1.19. The third-order valence-electron chi connectivity index (χ3n) is 4.53. The summed E-state index contributed by atoms with van der Waals surface area (Å²) in [5.41, 5.74) is 0.554. The molecule has 0 spiro atoms. The highest BCUT2D eigenvalue weighted by atomic mass is 127. The number of carbonyl (C=O) groups excluding carboxylic acids is 1. The number of aliphatic carboxylic acids is 1. The van der Waals surface area contributed by atoms with Crippen LogP contribution in [0.5, 0.6) is 0 Å². The fraction of sp³-hybridized carbons (Fsp3) is 0.438. The maximum atomic E-state index is 11.7. The Labute approximate surface area is 132 Å². The zero-order chi connectivity index (χ0) is 14.2. The molecule has 2 atom stereocenters. The topological polar surface area (TPSA) is 43.4 Å². The van der Waals surface area contributed by atoms with Crippen molar-refractivity contribution >= 4 is 28.6 Å². The summed E-state index contributed by atoms with van der Waals surface area (Å²) in [5.74, 6) is -0.772. The van der Waals surface area contributed by atoms with Crippen molar-refractivity contribution in [3.05, 3.63) is 45.6 Å². The standard InChI is InChI=1S/C16H18INO2/c17-14-7-4-8-16(15(19)20)11-18(10-13(14)16)9-12-5-2-1-3-6-12/h1-3,5-7,13H,4,8-11H2,(H,19,20)/p-1. The van der Waals surface area contributed by atoms with Crippen molar-refractivity contribution in [2.24, 2.45) is 11.3 Å². The van der Waals surface area contributed by atoms with Gasteiger partial charge in [0.2, 0.25) is 0 Å². The first-order valence-electron chi connectivity index (χ1n) is 6.95. The second-order valence-corrected chi connectivity index (χ2v) is 7.02. The van der Waals surface area contributed by atoms with Crippen molar-refractivity contribution in [2.75, 3.05) is 13.1 Å². The van der Waals surface area contributed by atoms with Gasteiger partial charge in [-0.15, -0.1) is 0 Å². The second kappa shape index (κ2) is 5.48. The number of fused-ring (bicyclic) bond motifs is 1. The van der Waals surface area contributed by atoms with Crippen LogP contribution in [0.25, 0.3) is 0 Å². The molecule has 0 N–H and O–H groups in total. The van der Waals surface area contributed by atoms with Gasteiger partial charge in [-0.05, 0) is 44.6 Å². The quantitative estimate of drug-likeness (QED) is 0.751. The number of benzene rings is 1. The van der Waals surface area contributed by atoms with Gasteiger partial charge < -0.3 is 9.90 Å². The SMILES string of the molecule is O=C([O-])C12CCC=C(I)C1CN(Cc1ccccc1)C2. The molecule has 1 fully saturated rings. The Morgan fingerprint density at radius 1 is 1.40 bits per heavy atom. The van der Waals surface area contributed by atoms with Crippen LogP contribution in [0.3, 0.4) is 0 Å². The Morgan fingerprint density at radius 3 is 2.80 bits per heavy atom. The molecular weight excluding hydrogens is 365 g/mol. The minimum atomic E-state index is -0.875. The monoisotopic (exact) mass is 382 g/mol. The molecule has 106 valence electrons. The van der Waals surface area contributed by atoms with Gasteiger partial charge in [0.05, 0.1) is 0 Å². The summed E-state index contributed by atoms with van der Waals surface area (Å²) in [4.78, 5) is 14.0. The van der Waals surface area contributed by atoms with Gasteiger partial charge in [0.15, 0.2) is 0 Å². The predicted molar refractivity (Wildman–Crippen MR) is 84.0 cm³/mol. The van der Waals surface area contributed by atoms with Crippen LogP contribution >= 0.6 is 22.6 Å². The van der Waals surface area contributed by atoms with Crippen LogP contribution in [0.15, 0.2) is 40.0 Å². The molecule has 0 radical (unpaired) electrons. The highest BCUT2D eigenvalue weighted by Gasteiger charge is 2.49. The summed E-state index contributed by atoms with van der Waals surface area (Å²) in [7, 11) is 0. The molecule has 0 aromatic heterocycles. The Hall–Kier alpha value is -0.880. The Bertz CT molecular complexity index is 543. The number of carboxylic acids is 1. The first kappa shape index (κ1) is 14.1. The molecule has 1 aromatic carbocycles. The van der Waals surface area contributed by atoms with Crippen LogP contribution in [0.2, 0.25) is 0 Å². The van der Waals surface area contributed by atoms with E-state index >= 15 is 0 Å². The summed E-state index contributed by atoms with van der Waals surface area (Å²) in [5, 5.41) is 11.7. The number of likely N-dealkylation sites (tertiary alicyclic amines) is 1. The van der Waals surface area contributed by atoms with Gasteiger partial charge in [0.1, 0.15) is 0 Å². The van der Waals surface area contributed by atoms with E-state index in [0.29, 0.717) is 13.0 Å². The highest BCUT2D eigenvalue weighted by molar-refractivity contribution is 14.1. The number of halogens is 1. The van der Waals surface area contributed by atoms with E-state index in [4.69, 9.17) is 0 Å². The van der Waals surface area contributed by atoms with Crippen molar-refractivity contribution in [1.29, 1.82) is 0 Å². The lowest BCUT2D eigenvalue weighted by atomic mass is 9.71. The predicted octanol–water partition coefficient (Wildman–Crippen LogP) is 1.97. The van der Waals surface area contributed by atoms with E-state index in [2.05, 4.69) is 45.7 Å². The summed E-state index contributed by atoms with van der Waals surface area (Å²) in [6, 6.07) is 10.2. The zero-order valence-electron chi connectivity index (χ0n) is 11.2. The lowest BCUT2D eigenvalue weighted by molar-refractivity contribution is -0.320. The molecule has 2 unspecified atom stereocenters. The Balaban J connectivity index is 1.82. The molecule has 2 aliphatic rings. The number of rotatable bonds is 3. The minimum absolute atomic E-state index is 0.102. The number of hydrogen-bond acceptors (Lipinski definition) is 3. The number of nitrogens with zero attached hydrogens (tertiary/aromatic N) is 1. The first-order valence-corrected chi connectivity index (χ1v) is 8.03. The fourth-order valence-electron chi connectivity index (χ4n) is 3.49. The Kier molecular flexibility index (Phi) is 3.86. The molecule has 1 saturated heterocycles. The third kappa shape index (κ3) is 2.39. The van der Waals surface area contributed by atoms with Gasteiger partial charge in [-0.2, -0.15) is 0 Å². The van der Waals surface area contributed by atoms with Crippen LogP contribution in [-0.4, -0.2) is 24.0 Å². The lowest BCUT2D eigenvalue weighted by Gasteiger charge is -2.38. The molecule has 0 saturated carbocycles. The number of carboxylic acid groups (broad SMARTS) is 1. The fourth-order valence-corrected chi connectivity index (χ4v) is 4.60. The minimum Gasteiger partial charge on any atom is -0.549 e. The van der Waals surface area contributed by atoms with E-state index in [1.165, 1.54) is 9.14 Å². The van der Waals surface area contributed by atoms with Crippen molar-refractivity contribution in [3.8, 4) is 0 Å². The van der Waals surface area contributed by atoms with Crippen LogP contribution < -0.4 is 5.11 Å². The molecule has 1 aromatic rings. The van der Waals surface area contributed by atoms with Gasteiger partial charge in [-0.1, -0.05) is 36.4 Å².